The Morgan fingerprint density at radius 3 is 2.11 bits per heavy atom. The maximum atomic E-state index is 5.76. The van der Waals surface area contributed by atoms with Crippen molar-refractivity contribution < 1.29 is 4.74 Å². The van der Waals surface area contributed by atoms with Gasteiger partial charge >= 0.3 is 0 Å². The fraction of sp³-hybridized carbons (Fsp3) is 0.625. The molecule has 0 aliphatic carbocycles. The van der Waals surface area contributed by atoms with E-state index >= 15 is 0 Å². The van der Waals surface area contributed by atoms with Crippen LogP contribution in [0.15, 0.2) is 24.3 Å². The van der Waals surface area contributed by atoms with Gasteiger partial charge < -0.3 is 10.1 Å². The quantitative estimate of drug-likeness (QED) is 0.832. The number of hydrogen-bond donors (Lipinski definition) is 1. The van der Waals surface area contributed by atoms with Crippen LogP contribution in [0.1, 0.15) is 45.7 Å². The van der Waals surface area contributed by atoms with E-state index < -0.39 is 0 Å². The number of benzene rings is 1. The van der Waals surface area contributed by atoms with Crippen LogP contribution in [0.4, 0.5) is 0 Å². The summed E-state index contributed by atoms with van der Waals surface area (Å²) in [5.74, 6) is 0. The lowest BCUT2D eigenvalue weighted by atomic mass is 10.1. The third-order valence-electron chi connectivity index (χ3n) is 2.66. The topological polar surface area (TPSA) is 21.3 Å². The van der Waals surface area contributed by atoms with Crippen molar-refractivity contribution in [3.05, 3.63) is 35.4 Å². The summed E-state index contributed by atoms with van der Waals surface area (Å²) in [6.07, 6.45) is 1.08. The monoisotopic (exact) mass is 249 g/mol. The number of rotatable bonds is 6. The zero-order valence-corrected chi connectivity index (χ0v) is 12.4. The molecular formula is C16H27NO. The van der Waals surface area contributed by atoms with Gasteiger partial charge in [0.2, 0.25) is 0 Å². The molecule has 0 aromatic heterocycles. The SMILES string of the molecule is CC(C)NCCc1ccc(COC(C)(C)C)cc1. The van der Waals surface area contributed by atoms with Crippen LogP contribution in [0.3, 0.4) is 0 Å². The second-order valence-corrected chi connectivity index (χ2v) is 6.08. The molecule has 102 valence electrons. The van der Waals surface area contributed by atoms with Crippen molar-refractivity contribution in [1.82, 2.24) is 5.32 Å². The van der Waals surface area contributed by atoms with Crippen molar-refractivity contribution in [2.75, 3.05) is 6.54 Å². The average molecular weight is 249 g/mol. The molecule has 0 fully saturated rings. The van der Waals surface area contributed by atoms with Crippen LogP contribution in [0.5, 0.6) is 0 Å². The van der Waals surface area contributed by atoms with E-state index in [0.29, 0.717) is 12.6 Å². The summed E-state index contributed by atoms with van der Waals surface area (Å²) < 4.78 is 5.76. The lowest BCUT2D eigenvalue weighted by Gasteiger charge is -2.19. The zero-order chi connectivity index (χ0) is 13.6. The first-order chi connectivity index (χ1) is 8.37. The molecule has 0 spiro atoms. The van der Waals surface area contributed by atoms with Crippen molar-refractivity contribution in [2.45, 2.75) is 59.3 Å². The van der Waals surface area contributed by atoms with Gasteiger partial charge in [0, 0.05) is 6.04 Å². The Bertz CT molecular complexity index is 335. The molecule has 18 heavy (non-hydrogen) atoms. The molecule has 2 heteroatoms. The fourth-order valence-electron chi connectivity index (χ4n) is 1.61. The van der Waals surface area contributed by atoms with Gasteiger partial charge in [-0.25, -0.2) is 0 Å². The van der Waals surface area contributed by atoms with Gasteiger partial charge in [-0.2, -0.15) is 0 Å². The van der Waals surface area contributed by atoms with E-state index in [4.69, 9.17) is 4.74 Å². The van der Waals surface area contributed by atoms with Gasteiger partial charge in [-0.05, 0) is 44.9 Å². The predicted octanol–water partition coefficient (Wildman–Crippen LogP) is 3.54. The van der Waals surface area contributed by atoms with Crippen molar-refractivity contribution >= 4 is 0 Å². The normalized spacial score (nSPS) is 12.1. The van der Waals surface area contributed by atoms with Crippen LogP contribution in [0.25, 0.3) is 0 Å². The lowest BCUT2D eigenvalue weighted by Crippen LogP contribution is -2.24. The average Bonchev–Trinajstić information content (AvgIpc) is 2.26. The Morgan fingerprint density at radius 2 is 1.61 bits per heavy atom. The van der Waals surface area contributed by atoms with Gasteiger partial charge in [-0.3, -0.25) is 0 Å². The minimum Gasteiger partial charge on any atom is -0.371 e. The summed E-state index contributed by atoms with van der Waals surface area (Å²) in [5.41, 5.74) is 2.55. The fourth-order valence-corrected chi connectivity index (χ4v) is 1.61. The Morgan fingerprint density at radius 1 is 1.06 bits per heavy atom. The van der Waals surface area contributed by atoms with E-state index in [2.05, 4.69) is 64.2 Å². The molecular weight excluding hydrogens is 222 g/mol. The molecule has 0 aliphatic heterocycles. The molecule has 0 heterocycles. The van der Waals surface area contributed by atoms with Crippen LogP contribution in [0, 0.1) is 0 Å². The molecule has 0 amide bonds. The highest BCUT2D eigenvalue weighted by molar-refractivity contribution is 5.22. The van der Waals surface area contributed by atoms with Crippen molar-refractivity contribution in [1.29, 1.82) is 0 Å². The van der Waals surface area contributed by atoms with Gasteiger partial charge in [-0.1, -0.05) is 38.1 Å². The molecule has 0 bridgehead atoms. The molecule has 1 rings (SSSR count). The molecule has 1 aromatic rings. The van der Waals surface area contributed by atoms with Gasteiger partial charge in [0.05, 0.1) is 12.2 Å². The molecule has 1 aromatic carbocycles. The molecule has 2 nitrogen and oxygen atoms in total. The van der Waals surface area contributed by atoms with Crippen LogP contribution < -0.4 is 5.32 Å². The molecule has 0 aliphatic rings. The number of hydrogen-bond acceptors (Lipinski definition) is 2. The Hall–Kier alpha value is -0.860. The van der Waals surface area contributed by atoms with E-state index in [9.17, 15) is 0 Å². The highest BCUT2D eigenvalue weighted by Gasteiger charge is 2.09. The summed E-state index contributed by atoms with van der Waals surface area (Å²) >= 11 is 0. The Kier molecular flexibility index (Phi) is 5.83. The Labute approximate surface area is 112 Å². The van der Waals surface area contributed by atoms with Crippen LogP contribution in [-0.4, -0.2) is 18.2 Å². The smallest absolute Gasteiger partial charge is 0.0724 e. The van der Waals surface area contributed by atoms with Crippen molar-refractivity contribution in [3.8, 4) is 0 Å². The summed E-state index contributed by atoms with van der Waals surface area (Å²) in [5, 5.41) is 3.43. The summed E-state index contributed by atoms with van der Waals surface area (Å²) in [6.45, 7) is 12.3. The third kappa shape index (κ3) is 6.77. The molecule has 0 unspecified atom stereocenters. The summed E-state index contributed by atoms with van der Waals surface area (Å²) in [6, 6.07) is 9.28. The maximum absolute atomic E-state index is 5.76. The van der Waals surface area contributed by atoms with Crippen LogP contribution in [0.2, 0.25) is 0 Å². The number of ether oxygens (including phenoxy) is 1. The number of nitrogens with one attached hydrogen (secondary N) is 1. The molecule has 0 atom stereocenters. The van der Waals surface area contributed by atoms with Gasteiger partial charge in [0.1, 0.15) is 0 Å². The van der Waals surface area contributed by atoms with E-state index in [-0.39, 0.29) is 5.60 Å². The lowest BCUT2D eigenvalue weighted by molar-refractivity contribution is -0.0149. The standard InChI is InChI=1S/C16H27NO/c1-13(2)17-11-10-14-6-8-15(9-7-14)12-18-16(3,4)5/h6-9,13,17H,10-12H2,1-5H3. The molecule has 1 N–H and O–H groups in total. The minimum absolute atomic E-state index is 0.0696. The first kappa shape index (κ1) is 15.2. The highest BCUT2D eigenvalue weighted by atomic mass is 16.5. The predicted molar refractivity (Wildman–Crippen MR) is 77.8 cm³/mol. The summed E-state index contributed by atoms with van der Waals surface area (Å²) in [4.78, 5) is 0. The van der Waals surface area contributed by atoms with E-state index in [1.165, 1.54) is 11.1 Å². The zero-order valence-electron chi connectivity index (χ0n) is 12.4. The van der Waals surface area contributed by atoms with Gasteiger partial charge in [0.25, 0.3) is 0 Å². The second kappa shape index (κ2) is 6.91. The highest BCUT2D eigenvalue weighted by Crippen LogP contribution is 2.12. The van der Waals surface area contributed by atoms with Crippen molar-refractivity contribution in [2.24, 2.45) is 0 Å². The first-order valence-electron chi connectivity index (χ1n) is 6.82. The van der Waals surface area contributed by atoms with Crippen LogP contribution >= 0.6 is 0 Å². The van der Waals surface area contributed by atoms with Crippen LogP contribution in [-0.2, 0) is 17.8 Å². The van der Waals surface area contributed by atoms with Gasteiger partial charge in [-0.15, -0.1) is 0 Å². The van der Waals surface area contributed by atoms with Crippen molar-refractivity contribution in [3.63, 3.8) is 0 Å². The van der Waals surface area contributed by atoms with Gasteiger partial charge in [0.15, 0.2) is 0 Å². The molecule has 0 saturated carbocycles. The van der Waals surface area contributed by atoms with E-state index in [1.54, 1.807) is 0 Å². The van der Waals surface area contributed by atoms with E-state index in [1.807, 2.05) is 0 Å². The minimum atomic E-state index is -0.0696. The largest absolute Gasteiger partial charge is 0.371 e. The second-order valence-electron chi connectivity index (χ2n) is 6.08. The van der Waals surface area contributed by atoms with E-state index in [0.717, 1.165) is 13.0 Å². The third-order valence-corrected chi connectivity index (χ3v) is 2.66. The molecule has 0 saturated heterocycles. The first-order valence-corrected chi connectivity index (χ1v) is 6.82. The Balaban J connectivity index is 2.38. The summed E-state index contributed by atoms with van der Waals surface area (Å²) in [7, 11) is 0. The molecule has 0 radical (unpaired) electrons. The maximum Gasteiger partial charge on any atom is 0.0724 e.